The van der Waals surface area contributed by atoms with Gasteiger partial charge >= 0.3 is 5.97 Å². The van der Waals surface area contributed by atoms with Crippen molar-refractivity contribution in [1.29, 1.82) is 5.26 Å². The van der Waals surface area contributed by atoms with Gasteiger partial charge < -0.3 is 4.74 Å². The number of esters is 1. The molecule has 0 amide bonds. The molecule has 2 unspecified atom stereocenters. The maximum atomic E-state index is 12.4. The molecule has 0 spiro atoms. The summed E-state index contributed by atoms with van der Waals surface area (Å²) < 4.78 is 5.19. The largest absolute Gasteiger partial charge is 0.465 e. The Morgan fingerprint density at radius 3 is 2.22 bits per heavy atom. The summed E-state index contributed by atoms with van der Waals surface area (Å²) >= 11 is 0. The average Bonchev–Trinajstić information content (AvgIpc) is 3.03. The maximum Gasteiger partial charge on any atom is 0.327 e. The lowest BCUT2D eigenvalue weighted by molar-refractivity contribution is -0.156. The van der Waals surface area contributed by atoms with E-state index in [1.807, 2.05) is 12.2 Å². The number of carbonyl (C=O) groups excluding carboxylic acids is 1. The van der Waals surface area contributed by atoms with Crippen molar-refractivity contribution in [1.82, 2.24) is 0 Å². The lowest BCUT2D eigenvalue weighted by Crippen LogP contribution is -2.43. The number of nitrogens with zero attached hydrogens (tertiary/aromatic N) is 1. The van der Waals surface area contributed by atoms with Gasteiger partial charge in [0.2, 0.25) is 0 Å². The molecule has 0 bridgehead atoms. The van der Waals surface area contributed by atoms with Gasteiger partial charge in [-0.05, 0) is 32.6 Å². The second kappa shape index (κ2) is 5.39. The molecular weight excluding hydrogens is 226 g/mol. The molecule has 0 saturated heterocycles. The van der Waals surface area contributed by atoms with Crippen molar-refractivity contribution in [3.8, 4) is 6.07 Å². The number of carbonyl (C=O) groups is 1. The van der Waals surface area contributed by atoms with Gasteiger partial charge in [0.05, 0.1) is 12.7 Å². The van der Waals surface area contributed by atoms with Crippen molar-refractivity contribution in [2.75, 3.05) is 6.61 Å². The Morgan fingerprint density at radius 1 is 1.33 bits per heavy atom. The van der Waals surface area contributed by atoms with Crippen molar-refractivity contribution in [2.45, 2.75) is 32.6 Å². The molecule has 0 fully saturated rings. The van der Waals surface area contributed by atoms with Crippen molar-refractivity contribution in [2.24, 2.45) is 17.3 Å². The van der Waals surface area contributed by atoms with Crippen LogP contribution in [0.25, 0.3) is 0 Å². The third-order valence-electron chi connectivity index (χ3n) is 3.99. The molecule has 96 valence electrons. The molecular formula is C15H19NO2. The number of hydrogen-bond donors (Lipinski definition) is 0. The van der Waals surface area contributed by atoms with Crippen LogP contribution in [0, 0.1) is 28.6 Å². The van der Waals surface area contributed by atoms with Gasteiger partial charge in [-0.2, -0.15) is 5.26 Å². The average molecular weight is 245 g/mol. The van der Waals surface area contributed by atoms with E-state index < -0.39 is 5.41 Å². The summed E-state index contributed by atoms with van der Waals surface area (Å²) in [5.41, 5.74) is -1.02. The molecule has 0 aromatic rings. The van der Waals surface area contributed by atoms with Crippen LogP contribution < -0.4 is 0 Å². The Labute approximate surface area is 108 Å². The topological polar surface area (TPSA) is 50.1 Å². The second-order valence-electron chi connectivity index (χ2n) is 4.93. The van der Waals surface area contributed by atoms with Crippen LogP contribution >= 0.6 is 0 Å². The van der Waals surface area contributed by atoms with Crippen LogP contribution in [0.15, 0.2) is 24.3 Å². The van der Waals surface area contributed by atoms with Gasteiger partial charge in [0, 0.05) is 11.8 Å². The first kappa shape index (κ1) is 12.9. The zero-order valence-corrected chi connectivity index (χ0v) is 10.8. The highest BCUT2D eigenvalue weighted by Crippen LogP contribution is 2.46. The molecule has 0 saturated carbocycles. The Kier molecular flexibility index (Phi) is 3.86. The molecule has 0 aliphatic heterocycles. The van der Waals surface area contributed by atoms with Crippen LogP contribution in [-0.4, -0.2) is 12.6 Å². The predicted octanol–water partition coefficient (Wildman–Crippen LogP) is 2.99. The molecule has 2 aliphatic carbocycles. The van der Waals surface area contributed by atoms with Crippen LogP contribution in [0.2, 0.25) is 0 Å². The molecule has 2 aliphatic rings. The third-order valence-corrected chi connectivity index (χ3v) is 3.99. The Balaban J connectivity index is 2.35. The molecule has 0 radical (unpaired) electrons. The van der Waals surface area contributed by atoms with E-state index in [1.54, 1.807) is 6.92 Å². The number of nitriles is 1. The van der Waals surface area contributed by atoms with Crippen LogP contribution in [0.4, 0.5) is 0 Å². The van der Waals surface area contributed by atoms with Gasteiger partial charge in [0.25, 0.3) is 0 Å². The molecule has 0 heterocycles. The third kappa shape index (κ3) is 1.96. The van der Waals surface area contributed by atoms with E-state index >= 15 is 0 Å². The minimum Gasteiger partial charge on any atom is -0.465 e. The van der Waals surface area contributed by atoms with E-state index in [2.05, 4.69) is 18.2 Å². The van der Waals surface area contributed by atoms with Gasteiger partial charge in [0.15, 0.2) is 5.41 Å². The summed E-state index contributed by atoms with van der Waals surface area (Å²) in [6, 6.07) is 2.31. The Morgan fingerprint density at radius 2 is 1.89 bits per heavy atom. The van der Waals surface area contributed by atoms with Crippen LogP contribution in [0.1, 0.15) is 32.6 Å². The highest BCUT2D eigenvalue weighted by molar-refractivity contribution is 5.82. The molecule has 3 nitrogen and oxygen atoms in total. The highest BCUT2D eigenvalue weighted by Gasteiger charge is 2.52. The molecule has 2 rings (SSSR count). The first-order chi connectivity index (χ1) is 8.75. The summed E-state index contributed by atoms with van der Waals surface area (Å²) in [5.74, 6) is -0.357. The van der Waals surface area contributed by atoms with Gasteiger partial charge in [-0.3, -0.25) is 4.79 Å². The summed E-state index contributed by atoms with van der Waals surface area (Å²) in [6.45, 7) is 2.12. The van der Waals surface area contributed by atoms with Crippen molar-refractivity contribution in [3.05, 3.63) is 24.3 Å². The number of rotatable bonds is 4. The van der Waals surface area contributed by atoms with Crippen molar-refractivity contribution < 1.29 is 9.53 Å². The fourth-order valence-corrected chi connectivity index (χ4v) is 3.06. The number of hydrogen-bond acceptors (Lipinski definition) is 3. The van der Waals surface area contributed by atoms with Gasteiger partial charge in [-0.25, -0.2) is 0 Å². The van der Waals surface area contributed by atoms with Crippen LogP contribution in [0.5, 0.6) is 0 Å². The smallest absolute Gasteiger partial charge is 0.327 e. The summed E-state index contributed by atoms with van der Waals surface area (Å²) in [4.78, 5) is 12.4. The Hall–Kier alpha value is -1.56. The first-order valence-corrected chi connectivity index (χ1v) is 6.67. The van der Waals surface area contributed by atoms with Crippen LogP contribution in [-0.2, 0) is 9.53 Å². The van der Waals surface area contributed by atoms with Gasteiger partial charge in [-0.15, -0.1) is 0 Å². The van der Waals surface area contributed by atoms with Crippen molar-refractivity contribution >= 4 is 5.97 Å². The molecule has 0 N–H and O–H groups in total. The monoisotopic (exact) mass is 245 g/mol. The molecule has 18 heavy (non-hydrogen) atoms. The Bertz CT molecular complexity index is 395. The first-order valence-electron chi connectivity index (χ1n) is 6.67. The summed E-state index contributed by atoms with van der Waals surface area (Å²) in [7, 11) is 0. The maximum absolute atomic E-state index is 12.4. The molecule has 0 aromatic carbocycles. The lowest BCUT2D eigenvalue weighted by atomic mass is 9.66. The van der Waals surface area contributed by atoms with E-state index in [9.17, 15) is 10.1 Å². The highest BCUT2D eigenvalue weighted by atomic mass is 16.5. The van der Waals surface area contributed by atoms with E-state index in [1.165, 1.54) is 0 Å². The number of ether oxygens (including phenoxy) is 1. The lowest BCUT2D eigenvalue weighted by Gasteiger charge is -2.34. The SMILES string of the molecule is CCOC(=O)C(C#N)(C1C=CCC1)C1C=CCC1. The van der Waals surface area contributed by atoms with Gasteiger partial charge in [-0.1, -0.05) is 24.3 Å². The molecule has 2 atom stereocenters. The predicted molar refractivity (Wildman–Crippen MR) is 68.4 cm³/mol. The minimum atomic E-state index is -1.02. The quantitative estimate of drug-likeness (QED) is 0.565. The van der Waals surface area contributed by atoms with E-state index in [-0.39, 0.29) is 17.8 Å². The van der Waals surface area contributed by atoms with E-state index in [4.69, 9.17) is 4.74 Å². The zero-order valence-electron chi connectivity index (χ0n) is 10.8. The van der Waals surface area contributed by atoms with Crippen LogP contribution in [0.3, 0.4) is 0 Å². The van der Waals surface area contributed by atoms with E-state index in [0.717, 1.165) is 25.7 Å². The fraction of sp³-hybridized carbons (Fsp3) is 0.600. The summed E-state index contributed by atoms with van der Waals surface area (Å²) in [6.07, 6.45) is 11.8. The fourth-order valence-electron chi connectivity index (χ4n) is 3.06. The summed E-state index contributed by atoms with van der Waals surface area (Å²) in [5, 5.41) is 9.68. The van der Waals surface area contributed by atoms with Crippen molar-refractivity contribution in [3.63, 3.8) is 0 Å². The standard InChI is InChI=1S/C15H19NO2/c1-2-18-14(17)15(11-16,12-7-3-4-8-12)13-9-5-6-10-13/h3,5,7,9,12-13H,2,4,6,8,10H2,1H3. The zero-order chi connectivity index (χ0) is 13.0. The minimum absolute atomic E-state index is 0.00528. The molecule has 0 aromatic heterocycles. The van der Waals surface area contributed by atoms with E-state index in [0.29, 0.717) is 6.61 Å². The number of allylic oxidation sites excluding steroid dienone is 4. The second-order valence-corrected chi connectivity index (χ2v) is 4.93. The normalized spacial score (nSPS) is 28.9. The van der Waals surface area contributed by atoms with Gasteiger partial charge in [0.1, 0.15) is 0 Å². The molecule has 3 heteroatoms.